The molecule has 0 amide bonds. The van der Waals surface area contributed by atoms with Crippen LogP contribution in [-0.4, -0.2) is 24.5 Å². The monoisotopic (exact) mass is 302 g/mol. The van der Waals surface area contributed by atoms with E-state index in [-0.39, 0.29) is 0 Å². The van der Waals surface area contributed by atoms with E-state index >= 15 is 0 Å². The normalized spacial score (nSPS) is 10.8. The van der Waals surface area contributed by atoms with Crippen LogP contribution in [0.2, 0.25) is 0 Å². The van der Waals surface area contributed by atoms with Gasteiger partial charge in [0.25, 0.3) is 0 Å². The lowest BCUT2D eigenvalue weighted by Gasteiger charge is -2.06. The lowest BCUT2D eigenvalue weighted by molar-refractivity contribution is 0.948. The largest absolute Gasteiger partial charge is 0.334 e. The molecule has 2 aromatic heterocycles. The SMILES string of the molecule is Cn1cnc2cc(Nc3ncnc(-c4ccccc4)n3)ccc21. The second-order valence-electron chi connectivity index (χ2n) is 5.18. The fourth-order valence-corrected chi connectivity index (χ4v) is 2.43. The van der Waals surface area contributed by atoms with Crippen molar-refractivity contribution >= 4 is 22.7 Å². The van der Waals surface area contributed by atoms with Crippen molar-refractivity contribution in [3.05, 3.63) is 61.2 Å². The van der Waals surface area contributed by atoms with Gasteiger partial charge >= 0.3 is 0 Å². The molecule has 0 fully saturated rings. The molecule has 0 saturated heterocycles. The molecular weight excluding hydrogens is 288 g/mol. The van der Waals surface area contributed by atoms with Crippen molar-refractivity contribution < 1.29 is 0 Å². The van der Waals surface area contributed by atoms with Crippen molar-refractivity contribution in [1.29, 1.82) is 0 Å². The van der Waals surface area contributed by atoms with Crippen molar-refractivity contribution in [2.45, 2.75) is 0 Å². The molecule has 112 valence electrons. The van der Waals surface area contributed by atoms with Crippen LogP contribution in [0.4, 0.5) is 11.6 Å². The van der Waals surface area contributed by atoms with Crippen molar-refractivity contribution in [3.8, 4) is 11.4 Å². The van der Waals surface area contributed by atoms with E-state index in [1.54, 1.807) is 6.33 Å². The second-order valence-corrected chi connectivity index (χ2v) is 5.18. The van der Waals surface area contributed by atoms with Crippen molar-refractivity contribution in [3.63, 3.8) is 0 Å². The number of nitrogens with one attached hydrogen (secondary N) is 1. The van der Waals surface area contributed by atoms with E-state index < -0.39 is 0 Å². The molecule has 4 aromatic rings. The lowest BCUT2D eigenvalue weighted by Crippen LogP contribution is -2.00. The molecule has 2 heterocycles. The number of rotatable bonds is 3. The number of anilines is 2. The molecule has 0 aliphatic heterocycles. The van der Waals surface area contributed by atoms with Gasteiger partial charge in [0.2, 0.25) is 5.95 Å². The Morgan fingerprint density at radius 2 is 1.83 bits per heavy atom. The number of hydrogen-bond donors (Lipinski definition) is 1. The highest BCUT2D eigenvalue weighted by atomic mass is 15.1. The van der Waals surface area contributed by atoms with Crippen LogP contribution in [0, 0.1) is 0 Å². The zero-order chi connectivity index (χ0) is 15.6. The summed E-state index contributed by atoms with van der Waals surface area (Å²) in [6.45, 7) is 0. The number of hydrogen-bond acceptors (Lipinski definition) is 5. The zero-order valence-electron chi connectivity index (χ0n) is 12.5. The number of fused-ring (bicyclic) bond motifs is 1. The Labute approximate surface area is 132 Å². The molecular formula is C17H14N6. The average Bonchev–Trinajstić information content (AvgIpc) is 2.97. The molecule has 0 atom stereocenters. The molecule has 0 aliphatic carbocycles. The van der Waals surface area contributed by atoms with Crippen LogP contribution in [0.25, 0.3) is 22.4 Å². The third-order valence-electron chi connectivity index (χ3n) is 3.59. The summed E-state index contributed by atoms with van der Waals surface area (Å²) in [5.74, 6) is 1.15. The predicted molar refractivity (Wildman–Crippen MR) is 89.3 cm³/mol. The van der Waals surface area contributed by atoms with E-state index in [0.717, 1.165) is 22.3 Å². The minimum absolute atomic E-state index is 0.508. The number of aromatic nitrogens is 5. The molecule has 0 bridgehead atoms. The maximum absolute atomic E-state index is 4.46. The first-order valence-electron chi connectivity index (χ1n) is 7.22. The van der Waals surface area contributed by atoms with Gasteiger partial charge in [-0.1, -0.05) is 30.3 Å². The van der Waals surface area contributed by atoms with Crippen molar-refractivity contribution in [1.82, 2.24) is 24.5 Å². The van der Waals surface area contributed by atoms with Crippen LogP contribution >= 0.6 is 0 Å². The molecule has 0 saturated carbocycles. The quantitative estimate of drug-likeness (QED) is 0.629. The van der Waals surface area contributed by atoms with Gasteiger partial charge in [-0.05, 0) is 18.2 Å². The Hall–Kier alpha value is -3.28. The fourth-order valence-electron chi connectivity index (χ4n) is 2.43. The standard InChI is InChI=1S/C17H14N6/c1-23-11-20-14-9-13(7-8-15(14)23)21-17-19-10-18-16(22-17)12-5-3-2-4-6-12/h2-11H,1H3,(H,18,19,21,22). The summed E-state index contributed by atoms with van der Waals surface area (Å²) in [4.78, 5) is 17.2. The van der Waals surface area contributed by atoms with E-state index in [9.17, 15) is 0 Å². The average molecular weight is 302 g/mol. The second kappa shape index (κ2) is 5.49. The molecule has 1 N–H and O–H groups in total. The van der Waals surface area contributed by atoms with Gasteiger partial charge in [-0.3, -0.25) is 0 Å². The summed E-state index contributed by atoms with van der Waals surface area (Å²) in [5, 5.41) is 3.20. The lowest BCUT2D eigenvalue weighted by atomic mass is 10.2. The van der Waals surface area contributed by atoms with Gasteiger partial charge in [-0.15, -0.1) is 0 Å². The molecule has 2 aromatic carbocycles. The molecule has 0 radical (unpaired) electrons. The summed E-state index contributed by atoms with van der Waals surface area (Å²) in [5.41, 5.74) is 3.85. The van der Waals surface area contributed by atoms with Crippen LogP contribution in [-0.2, 0) is 7.05 Å². The van der Waals surface area contributed by atoms with E-state index in [2.05, 4.69) is 25.3 Å². The molecule has 0 aliphatic rings. The highest BCUT2D eigenvalue weighted by molar-refractivity contribution is 5.80. The first-order chi connectivity index (χ1) is 11.3. The van der Waals surface area contributed by atoms with Crippen LogP contribution in [0.15, 0.2) is 61.2 Å². The minimum Gasteiger partial charge on any atom is -0.334 e. The summed E-state index contributed by atoms with van der Waals surface area (Å²) in [6, 6.07) is 15.8. The van der Waals surface area contributed by atoms with Gasteiger partial charge in [0.15, 0.2) is 5.82 Å². The molecule has 0 unspecified atom stereocenters. The van der Waals surface area contributed by atoms with Crippen LogP contribution < -0.4 is 5.32 Å². The van der Waals surface area contributed by atoms with Crippen LogP contribution in [0.3, 0.4) is 0 Å². The number of imidazole rings is 1. The van der Waals surface area contributed by atoms with E-state index in [4.69, 9.17) is 0 Å². The number of nitrogens with zero attached hydrogens (tertiary/aromatic N) is 5. The Morgan fingerprint density at radius 3 is 2.70 bits per heavy atom. The van der Waals surface area contributed by atoms with Crippen molar-refractivity contribution in [2.24, 2.45) is 7.05 Å². The maximum Gasteiger partial charge on any atom is 0.230 e. The van der Waals surface area contributed by atoms with Gasteiger partial charge < -0.3 is 9.88 Å². The van der Waals surface area contributed by atoms with Gasteiger partial charge in [0.05, 0.1) is 17.4 Å². The fraction of sp³-hybridized carbons (Fsp3) is 0.0588. The summed E-state index contributed by atoms with van der Waals surface area (Å²) >= 11 is 0. The third-order valence-corrected chi connectivity index (χ3v) is 3.59. The molecule has 6 heteroatoms. The first kappa shape index (κ1) is 13.4. The van der Waals surface area contributed by atoms with E-state index in [0.29, 0.717) is 11.8 Å². The predicted octanol–water partition coefficient (Wildman–Crippen LogP) is 3.17. The molecule has 6 nitrogen and oxygen atoms in total. The Kier molecular flexibility index (Phi) is 3.20. The van der Waals surface area contributed by atoms with Crippen LogP contribution in [0.5, 0.6) is 0 Å². The van der Waals surface area contributed by atoms with Crippen LogP contribution in [0.1, 0.15) is 0 Å². The van der Waals surface area contributed by atoms with Gasteiger partial charge in [-0.25, -0.2) is 15.0 Å². The third kappa shape index (κ3) is 2.62. The minimum atomic E-state index is 0.508. The van der Waals surface area contributed by atoms with Gasteiger partial charge in [-0.2, -0.15) is 4.98 Å². The number of benzene rings is 2. The summed E-state index contributed by atoms with van der Waals surface area (Å²) in [7, 11) is 1.97. The topological polar surface area (TPSA) is 68.5 Å². The Bertz CT molecular complexity index is 961. The summed E-state index contributed by atoms with van der Waals surface area (Å²) in [6.07, 6.45) is 3.31. The van der Waals surface area contributed by atoms with Gasteiger partial charge in [0, 0.05) is 18.3 Å². The van der Waals surface area contributed by atoms with Gasteiger partial charge in [0.1, 0.15) is 6.33 Å². The van der Waals surface area contributed by atoms with Crippen molar-refractivity contribution in [2.75, 3.05) is 5.32 Å². The van der Waals surface area contributed by atoms with E-state index in [1.807, 2.05) is 60.1 Å². The Balaban J connectivity index is 1.65. The maximum atomic E-state index is 4.46. The highest BCUT2D eigenvalue weighted by Crippen LogP contribution is 2.20. The molecule has 0 spiro atoms. The Morgan fingerprint density at radius 1 is 0.957 bits per heavy atom. The van der Waals surface area contributed by atoms with E-state index in [1.165, 1.54) is 6.33 Å². The number of aryl methyl sites for hydroxylation is 1. The molecule has 23 heavy (non-hydrogen) atoms. The zero-order valence-corrected chi connectivity index (χ0v) is 12.5. The first-order valence-corrected chi connectivity index (χ1v) is 7.22. The molecule has 4 rings (SSSR count). The highest BCUT2D eigenvalue weighted by Gasteiger charge is 2.05. The smallest absolute Gasteiger partial charge is 0.230 e. The summed E-state index contributed by atoms with van der Waals surface area (Å²) < 4.78 is 1.98.